The second-order valence-electron chi connectivity index (χ2n) is 4.47. The van der Waals surface area contributed by atoms with Crippen LogP contribution in [0.2, 0.25) is 0 Å². The van der Waals surface area contributed by atoms with Crippen molar-refractivity contribution >= 4 is 11.6 Å². The number of ether oxygens (including phenoxy) is 2. The first kappa shape index (κ1) is 14.5. The highest BCUT2D eigenvalue weighted by Crippen LogP contribution is 2.36. The molecule has 1 heterocycles. The van der Waals surface area contributed by atoms with E-state index in [-0.39, 0.29) is 17.8 Å². The van der Waals surface area contributed by atoms with Crippen LogP contribution in [0.5, 0.6) is 5.75 Å². The van der Waals surface area contributed by atoms with Gasteiger partial charge in [0.2, 0.25) is 0 Å². The lowest BCUT2D eigenvalue weighted by Crippen LogP contribution is -2.24. The minimum atomic E-state index is -4.68. The highest BCUT2D eigenvalue weighted by Gasteiger charge is 2.32. The number of rotatable bonds is 3. The molecule has 0 saturated carbocycles. The zero-order valence-electron chi connectivity index (χ0n) is 10.1. The minimum absolute atomic E-state index is 0.122. The molecule has 1 aromatic rings. The van der Waals surface area contributed by atoms with Crippen LogP contribution in [0.1, 0.15) is 24.5 Å². The molecule has 2 rings (SSSR count). The van der Waals surface area contributed by atoms with Crippen molar-refractivity contribution in [1.82, 2.24) is 0 Å². The predicted molar refractivity (Wildman–Crippen MR) is 65.3 cm³/mol. The van der Waals surface area contributed by atoms with Crippen LogP contribution >= 0.6 is 11.6 Å². The number of hydrogen-bond acceptors (Lipinski definition) is 2. The summed E-state index contributed by atoms with van der Waals surface area (Å²) in [4.78, 5) is 0. The molecule has 2 nitrogen and oxygen atoms in total. The normalized spacial score (nSPS) is 24.2. The monoisotopic (exact) mass is 294 g/mol. The second kappa shape index (κ2) is 6.01. The van der Waals surface area contributed by atoms with Gasteiger partial charge in [-0.15, -0.1) is 24.8 Å². The van der Waals surface area contributed by atoms with Gasteiger partial charge in [-0.05, 0) is 30.5 Å². The van der Waals surface area contributed by atoms with Gasteiger partial charge in [-0.1, -0.05) is 12.1 Å². The second-order valence-corrected chi connectivity index (χ2v) is 4.78. The Morgan fingerprint density at radius 3 is 2.84 bits per heavy atom. The van der Waals surface area contributed by atoms with Crippen LogP contribution in [-0.2, 0) is 4.74 Å². The van der Waals surface area contributed by atoms with Crippen molar-refractivity contribution in [2.24, 2.45) is 5.92 Å². The summed E-state index contributed by atoms with van der Waals surface area (Å²) in [7, 11) is 0. The van der Waals surface area contributed by atoms with Gasteiger partial charge in [-0.2, -0.15) is 0 Å². The number of halogens is 4. The Kier molecular flexibility index (Phi) is 4.58. The van der Waals surface area contributed by atoms with Crippen molar-refractivity contribution < 1.29 is 22.6 Å². The molecule has 2 unspecified atom stereocenters. The van der Waals surface area contributed by atoms with E-state index in [2.05, 4.69) is 4.74 Å². The lowest BCUT2D eigenvalue weighted by molar-refractivity contribution is -0.274. The highest BCUT2D eigenvalue weighted by molar-refractivity contribution is 6.18. The van der Waals surface area contributed by atoms with Gasteiger partial charge >= 0.3 is 6.36 Å². The van der Waals surface area contributed by atoms with Crippen molar-refractivity contribution in [2.75, 3.05) is 12.5 Å². The topological polar surface area (TPSA) is 18.5 Å². The molecule has 106 valence electrons. The van der Waals surface area contributed by atoms with Gasteiger partial charge in [0.15, 0.2) is 0 Å². The average molecular weight is 295 g/mol. The summed E-state index contributed by atoms with van der Waals surface area (Å²) in [6, 6.07) is 5.90. The first-order valence-electron chi connectivity index (χ1n) is 6.03. The molecule has 19 heavy (non-hydrogen) atoms. The van der Waals surface area contributed by atoms with Crippen LogP contribution in [0.15, 0.2) is 24.3 Å². The Balaban J connectivity index is 2.17. The fourth-order valence-electron chi connectivity index (χ4n) is 2.26. The van der Waals surface area contributed by atoms with Crippen molar-refractivity contribution in [1.29, 1.82) is 0 Å². The maximum atomic E-state index is 12.2. The van der Waals surface area contributed by atoms with Crippen molar-refractivity contribution in [3.05, 3.63) is 29.8 Å². The van der Waals surface area contributed by atoms with E-state index in [1.54, 1.807) is 6.07 Å². The molecule has 1 aliphatic heterocycles. The first-order valence-corrected chi connectivity index (χ1v) is 6.56. The van der Waals surface area contributed by atoms with Crippen LogP contribution in [-0.4, -0.2) is 18.8 Å². The molecule has 0 bridgehead atoms. The zero-order valence-corrected chi connectivity index (χ0v) is 10.9. The summed E-state index contributed by atoms with van der Waals surface area (Å²) >= 11 is 5.88. The fourth-order valence-corrected chi connectivity index (χ4v) is 2.57. The molecule has 0 spiro atoms. The molecule has 0 N–H and O–H groups in total. The van der Waals surface area contributed by atoms with Gasteiger partial charge in [0, 0.05) is 18.4 Å². The molecule has 0 amide bonds. The molecule has 2 atom stereocenters. The van der Waals surface area contributed by atoms with Gasteiger partial charge < -0.3 is 9.47 Å². The third-order valence-corrected chi connectivity index (χ3v) is 3.46. The molecule has 0 aromatic heterocycles. The van der Waals surface area contributed by atoms with E-state index < -0.39 is 6.36 Å². The van der Waals surface area contributed by atoms with Crippen molar-refractivity contribution in [3.8, 4) is 5.75 Å². The third kappa shape index (κ3) is 4.01. The van der Waals surface area contributed by atoms with Gasteiger partial charge in [0.05, 0.1) is 6.10 Å². The summed E-state index contributed by atoms with van der Waals surface area (Å²) in [5.41, 5.74) is 0.673. The quantitative estimate of drug-likeness (QED) is 0.774. The Labute approximate surface area is 114 Å². The van der Waals surface area contributed by atoms with Crippen LogP contribution in [0.4, 0.5) is 13.2 Å². The first-order chi connectivity index (χ1) is 8.99. The predicted octanol–water partition coefficient (Wildman–Crippen LogP) is 4.29. The molecule has 6 heteroatoms. The number of hydrogen-bond donors (Lipinski definition) is 0. The van der Waals surface area contributed by atoms with Crippen LogP contribution < -0.4 is 4.74 Å². The molecule has 1 saturated heterocycles. The lowest BCUT2D eigenvalue weighted by atomic mass is 9.91. The molecule has 0 aliphatic carbocycles. The molecular weight excluding hydrogens is 281 g/mol. The van der Waals surface area contributed by atoms with Crippen LogP contribution in [0.25, 0.3) is 0 Å². The number of alkyl halides is 4. The Bertz CT molecular complexity index is 423. The van der Waals surface area contributed by atoms with E-state index in [0.29, 0.717) is 18.1 Å². The fraction of sp³-hybridized carbons (Fsp3) is 0.538. The summed E-state index contributed by atoms with van der Waals surface area (Å²) in [6.07, 6.45) is -3.11. The van der Waals surface area contributed by atoms with E-state index in [1.807, 2.05) is 0 Å². The standard InChI is InChI=1S/C13H14ClF3O2/c14-8-10-4-2-6-18-12(10)9-3-1-5-11(7-9)19-13(15,16)17/h1,3,5,7,10,12H,2,4,6,8H2. The third-order valence-electron chi connectivity index (χ3n) is 3.06. The Hall–Kier alpha value is -0.940. The van der Waals surface area contributed by atoms with E-state index in [0.717, 1.165) is 12.8 Å². The summed E-state index contributed by atoms with van der Waals surface area (Å²) in [5, 5.41) is 0. The van der Waals surface area contributed by atoms with E-state index >= 15 is 0 Å². The van der Waals surface area contributed by atoms with Crippen LogP contribution in [0, 0.1) is 5.92 Å². The molecule has 0 radical (unpaired) electrons. The zero-order chi connectivity index (χ0) is 13.9. The molecule has 1 aromatic carbocycles. The van der Waals surface area contributed by atoms with Gasteiger partial charge in [-0.25, -0.2) is 0 Å². The highest BCUT2D eigenvalue weighted by atomic mass is 35.5. The smallest absolute Gasteiger partial charge is 0.406 e. The van der Waals surface area contributed by atoms with Gasteiger partial charge in [0.25, 0.3) is 0 Å². The largest absolute Gasteiger partial charge is 0.573 e. The Morgan fingerprint density at radius 1 is 1.37 bits per heavy atom. The maximum absolute atomic E-state index is 12.2. The Morgan fingerprint density at radius 2 is 2.16 bits per heavy atom. The average Bonchev–Trinajstić information content (AvgIpc) is 2.37. The van der Waals surface area contributed by atoms with Crippen molar-refractivity contribution in [2.45, 2.75) is 25.3 Å². The summed E-state index contributed by atoms with van der Waals surface area (Å²) in [5.74, 6) is 0.318. The van der Waals surface area contributed by atoms with Crippen molar-refractivity contribution in [3.63, 3.8) is 0 Å². The SMILES string of the molecule is FC(F)(F)Oc1cccc(C2OCCCC2CCl)c1. The lowest BCUT2D eigenvalue weighted by Gasteiger charge is -2.31. The molecule has 1 aliphatic rings. The van der Waals surface area contributed by atoms with Crippen LogP contribution in [0.3, 0.4) is 0 Å². The molecule has 1 fully saturated rings. The van der Waals surface area contributed by atoms with E-state index in [9.17, 15) is 13.2 Å². The summed E-state index contributed by atoms with van der Waals surface area (Å²) < 4.78 is 46.1. The number of benzene rings is 1. The van der Waals surface area contributed by atoms with Gasteiger partial charge in [-0.3, -0.25) is 0 Å². The summed E-state index contributed by atoms with van der Waals surface area (Å²) in [6.45, 7) is 0.600. The molecular formula is C13H14ClF3O2. The minimum Gasteiger partial charge on any atom is -0.406 e. The maximum Gasteiger partial charge on any atom is 0.573 e. The van der Waals surface area contributed by atoms with E-state index in [1.165, 1.54) is 18.2 Å². The van der Waals surface area contributed by atoms with Gasteiger partial charge in [0.1, 0.15) is 5.75 Å². The van der Waals surface area contributed by atoms with E-state index in [4.69, 9.17) is 16.3 Å².